The fraction of sp³-hybridized carbons (Fsp3) is 0.412. The van der Waals surface area contributed by atoms with Crippen LogP contribution in [0.25, 0.3) is 5.69 Å². The first-order valence-electron chi connectivity index (χ1n) is 8.70. The van der Waals surface area contributed by atoms with E-state index in [2.05, 4.69) is 15.4 Å². The maximum absolute atomic E-state index is 12.9. The number of nitrogens with zero attached hydrogens (tertiary/aromatic N) is 5. The van der Waals surface area contributed by atoms with E-state index in [-0.39, 0.29) is 18.1 Å². The number of amides is 1. The lowest BCUT2D eigenvalue weighted by molar-refractivity contribution is -0.121. The van der Waals surface area contributed by atoms with Crippen molar-refractivity contribution in [2.45, 2.75) is 19.4 Å². The van der Waals surface area contributed by atoms with Crippen molar-refractivity contribution in [3.05, 3.63) is 39.3 Å². The molecule has 1 N–H and O–H groups in total. The van der Waals surface area contributed by atoms with Crippen molar-refractivity contribution in [2.24, 2.45) is 10.9 Å². The van der Waals surface area contributed by atoms with E-state index in [1.54, 1.807) is 12.1 Å². The summed E-state index contributed by atoms with van der Waals surface area (Å²) in [6, 6.07) is 5.38. The Hall–Kier alpha value is -2.61. The smallest absolute Gasteiger partial charge is 0.352 e. The second kappa shape index (κ2) is 5.70. The number of nitrogens with one attached hydrogen (secondary N) is 1. The number of fused-ring (bicyclic) bond motifs is 6. The van der Waals surface area contributed by atoms with Crippen LogP contribution in [0.1, 0.15) is 18.4 Å². The van der Waals surface area contributed by atoms with Gasteiger partial charge in [0.05, 0.1) is 12.2 Å². The van der Waals surface area contributed by atoms with Gasteiger partial charge in [-0.05, 0) is 37.0 Å². The van der Waals surface area contributed by atoms with Gasteiger partial charge in [-0.15, -0.1) is 5.10 Å². The van der Waals surface area contributed by atoms with Crippen molar-refractivity contribution in [3.63, 3.8) is 0 Å². The number of carbonyl (C=O) groups excluding carboxylic acids is 1. The molecule has 0 atom stereocenters. The molecule has 1 aliphatic carbocycles. The van der Waals surface area contributed by atoms with Gasteiger partial charge >= 0.3 is 5.69 Å². The molecule has 1 amide bonds. The molecule has 0 radical (unpaired) electrons. The molecule has 2 aliphatic heterocycles. The number of rotatable bonds is 4. The molecule has 0 unspecified atom stereocenters. The molecular formula is C17H17ClN6O2. The van der Waals surface area contributed by atoms with Gasteiger partial charge in [0, 0.05) is 23.7 Å². The minimum atomic E-state index is -0.351. The predicted molar refractivity (Wildman–Crippen MR) is 97.3 cm³/mol. The zero-order valence-corrected chi connectivity index (χ0v) is 14.7. The van der Waals surface area contributed by atoms with Gasteiger partial charge in [0.2, 0.25) is 11.9 Å². The van der Waals surface area contributed by atoms with Gasteiger partial charge in [0.1, 0.15) is 12.4 Å². The highest BCUT2D eigenvalue weighted by atomic mass is 35.5. The van der Waals surface area contributed by atoms with Crippen molar-refractivity contribution in [3.8, 4) is 5.69 Å². The van der Waals surface area contributed by atoms with Crippen molar-refractivity contribution in [2.75, 3.05) is 24.5 Å². The Morgan fingerprint density at radius 2 is 2.19 bits per heavy atom. The number of anilines is 1. The molecule has 1 aromatic heterocycles. The van der Waals surface area contributed by atoms with Crippen LogP contribution in [0.3, 0.4) is 0 Å². The van der Waals surface area contributed by atoms with Crippen LogP contribution in [0.15, 0.2) is 28.0 Å². The van der Waals surface area contributed by atoms with E-state index in [4.69, 9.17) is 11.6 Å². The van der Waals surface area contributed by atoms with Gasteiger partial charge in [0.15, 0.2) is 0 Å². The first-order chi connectivity index (χ1) is 12.6. The molecule has 0 bridgehead atoms. The zero-order chi connectivity index (χ0) is 17.8. The Morgan fingerprint density at radius 1 is 1.35 bits per heavy atom. The molecule has 0 spiro atoms. The Labute approximate surface area is 154 Å². The highest BCUT2D eigenvalue weighted by Gasteiger charge is 2.34. The quantitative estimate of drug-likeness (QED) is 0.860. The molecule has 0 saturated heterocycles. The Morgan fingerprint density at radius 3 is 3.00 bits per heavy atom. The topological polar surface area (TPSA) is 84.5 Å². The van der Waals surface area contributed by atoms with E-state index >= 15 is 0 Å². The highest BCUT2D eigenvalue weighted by molar-refractivity contribution is 6.31. The van der Waals surface area contributed by atoms with E-state index in [1.165, 1.54) is 9.25 Å². The fourth-order valence-electron chi connectivity index (χ4n) is 3.41. The summed E-state index contributed by atoms with van der Waals surface area (Å²) in [6.07, 6.45) is 2.32. The van der Waals surface area contributed by atoms with Gasteiger partial charge in [-0.2, -0.15) is 0 Å². The minimum absolute atomic E-state index is 0.0955. The number of hydrogen-bond acceptors (Lipinski definition) is 5. The standard InChI is InChI=1S/C17H17ClN6O2/c18-11-3-4-12-13(7-11)24-16(22-6-5-19-15(12)22)21-23(17(24)26)9-14(25)20-8-10-1-2-10/h3-4,7,10H,1-2,5-6,8-9H2,(H,20,25). The number of hydrogen-bond donors (Lipinski definition) is 1. The van der Waals surface area contributed by atoms with Crippen LogP contribution in [0.4, 0.5) is 5.95 Å². The maximum atomic E-state index is 12.9. The molecule has 134 valence electrons. The largest absolute Gasteiger partial charge is 0.354 e. The van der Waals surface area contributed by atoms with E-state index in [1.807, 2.05) is 11.0 Å². The Bertz CT molecular complexity index is 1000. The molecule has 5 rings (SSSR count). The number of benzene rings is 1. The normalized spacial score (nSPS) is 17.4. The summed E-state index contributed by atoms with van der Waals surface area (Å²) in [5.41, 5.74) is 1.15. The average molecular weight is 373 g/mol. The fourth-order valence-corrected chi connectivity index (χ4v) is 3.57. The van der Waals surface area contributed by atoms with E-state index < -0.39 is 0 Å². The summed E-state index contributed by atoms with van der Waals surface area (Å²) in [7, 11) is 0. The highest BCUT2D eigenvalue weighted by Crippen LogP contribution is 2.31. The summed E-state index contributed by atoms with van der Waals surface area (Å²) in [4.78, 5) is 31.5. The van der Waals surface area contributed by atoms with Crippen LogP contribution < -0.4 is 15.9 Å². The number of carbonyl (C=O) groups is 1. The molecule has 1 aromatic carbocycles. The number of halogens is 1. The van der Waals surface area contributed by atoms with Crippen LogP contribution in [-0.4, -0.2) is 45.7 Å². The van der Waals surface area contributed by atoms with E-state index in [0.717, 1.165) is 24.2 Å². The minimum Gasteiger partial charge on any atom is -0.354 e. The molecule has 26 heavy (non-hydrogen) atoms. The first-order valence-corrected chi connectivity index (χ1v) is 9.08. The third-order valence-electron chi connectivity index (χ3n) is 4.92. The Balaban J connectivity index is 1.54. The predicted octanol–water partition coefficient (Wildman–Crippen LogP) is 0.794. The SMILES string of the molecule is O=C(Cn1nc2n(c1=O)-c1cc(Cl)ccc1C1=NCCN12)NCC1CC1. The van der Waals surface area contributed by atoms with Gasteiger partial charge in [-0.1, -0.05) is 11.6 Å². The summed E-state index contributed by atoms with van der Waals surface area (Å²) in [5, 5.41) is 7.81. The molecule has 2 aromatic rings. The van der Waals surface area contributed by atoms with Gasteiger partial charge in [-0.25, -0.2) is 14.0 Å². The van der Waals surface area contributed by atoms with Crippen LogP contribution in [-0.2, 0) is 11.3 Å². The van der Waals surface area contributed by atoms with E-state index in [0.29, 0.717) is 42.2 Å². The summed E-state index contributed by atoms with van der Waals surface area (Å²) < 4.78 is 2.73. The molecule has 9 heteroatoms. The third kappa shape index (κ3) is 2.44. The van der Waals surface area contributed by atoms with Gasteiger partial charge < -0.3 is 5.32 Å². The number of aromatic nitrogens is 3. The molecule has 3 heterocycles. The molecular weight excluding hydrogens is 356 g/mol. The van der Waals surface area contributed by atoms with Crippen molar-refractivity contribution in [1.29, 1.82) is 0 Å². The van der Waals surface area contributed by atoms with Crippen molar-refractivity contribution < 1.29 is 4.79 Å². The number of aliphatic imine (C=N–C) groups is 1. The second-order valence-electron chi connectivity index (χ2n) is 6.84. The third-order valence-corrected chi connectivity index (χ3v) is 5.16. The van der Waals surface area contributed by atoms with Crippen LogP contribution >= 0.6 is 11.6 Å². The van der Waals surface area contributed by atoms with E-state index in [9.17, 15) is 9.59 Å². The summed E-state index contributed by atoms with van der Waals surface area (Å²) >= 11 is 6.15. The molecule has 1 fully saturated rings. The van der Waals surface area contributed by atoms with Crippen molar-refractivity contribution >= 4 is 29.3 Å². The molecule has 3 aliphatic rings. The lowest BCUT2D eigenvalue weighted by atomic mass is 10.1. The number of amidine groups is 1. The first kappa shape index (κ1) is 15.6. The Kier molecular flexibility index (Phi) is 3.43. The molecule has 8 nitrogen and oxygen atoms in total. The van der Waals surface area contributed by atoms with Crippen LogP contribution in [0, 0.1) is 5.92 Å². The second-order valence-corrected chi connectivity index (χ2v) is 7.28. The summed E-state index contributed by atoms with van der Waals surface area (Å²) in [5.74, 6) is 1.66. The zero-order valence-electron chi connectivity index (χ0n) is 14.0. The monoisotopic (exact) mass is 372 g/mol. The van der Waals surface area contributed by atoms with Crippen molar-refractivity contribution in [1.82, 2.24) is 19.7 Å². The molecule has 1 saturated carbocycles. The maximum Gasteiger partial charge on any atom is 0.352 e. The van der Waals surface area contributed by atoms with Crippen LogP contribution in [0.2, 0.25) is 5.02 Å². The lowest BCUT2D eigenvalue weighted by Gasteiger charge is -2.26. The van der Waals surface area contributed by atoms with Gasteiger partial charge in [0.25, 0.3) is 0 Å². The average Bonchev–Trinajstić information content (AvgIpc) is 3.22. The van der Waals surface area contributed by atoms with Crippen LogP contribution in [0.5, 0.6) is 0 Å². The van der Waals surface area contributed by atoms with Gasteiger partial charge in [-0.3, -0.25) is 14.7 Å². The summed E-state index contributed by atoms with van der Waals surface area (Å²) in [6.45, 7) is 1.87. The lowest BCUT2D eigenvalue weighted by Crippen LogP contribution is -2.38.